The molecule has 2 amide bonds. The number of urea groups is 1. The maximum absolute atomic E-state index is 12.3. The van der Waals surface area contributed by atoms with Gasteiger partial charge < -0.3 is 19.9 Å². The highest BCUT2D eigenvalue weighted by molar-refractivity contribution is 5.74. The number of carbonyl (C=O) groups is 1. The molecule has 0 aromatic heterocycles. The number of nitrogens with zero attached hydrogens (tertiary/aromatic N) is 2. The fourth-order valence-corrected chi connectivity index (χ4v) is 3.29. The van der Waals surface area contributed by atoms with E-state index in [1.807, 2.05) is 4.90 Å². The minimum Gasteiger partial charge on any atom is -0.381 e. The van der Waals surface area contributed by atoms with Crippen LogP contribution >= 0.6 is 0 Å². The smallest absolute Gasteiger partial charge is 0.317 e. The Morgan fingerprint density at radius 2 is 1.96 bits per heavy atom. The monoisotopic (exact) mass is 317 g/mol. The lowest BCUT2D eigenvalue weighted by Crippen LogP contribution is -2.52. The number of ether oxygens (including phenoxy) is 1. The molecular formula is C18H27N3O2. The fraction of sp³-hybridized carbons (Fsp3) is 0.611. The highest BCUT2D eigenvalue weighted by Gasteiger charge is 2.22. The Balaban J connectivity index is 1.43. The zero-order valence-corrected chi connectivity index (χ0v) is 14.0. The summed E-state index contributed by atoms with van der Waals surface area (Å²) in [7, 11) is 0. The van der Waals surface area contributed by atoms with E-state index >= 15 is 0 Å². The van der Waals surface area contributed by atoms with Crippen LogP contribution in [0.5, 0.6) is 0 Å². The number of aryl methyl sites for hydroxylation is 1. The zero-order chi connectivity index (χ0) is 16.1. The highest BCUT2D eigenvalue weighted by Crippen LogP contribution is 2.18. The molecule has 2 saturated heterocycles. The first kappa shape index (κ1) is 16.1. The lowest BCUT2D eigenvalue weighted by Gasteiger charge is -2.36. The largest absolute Gasteiger partial charge is 0.381 e. The van der Waals surface area contributed by atoms with Gasteiger partial charge in [-0.05, 0) is 43.4 Å². The number of hydrogen-bond donors (Lipinski definition) is 1. The van der Waals surface area contributed by atoms with Gasteiger partial charge in [0.2, 0.25) is 0 Å². The summed E-state index contributed by atoms with van der Waals surface area (Å²) >= 11 is 0. The van der Waals surface area contributed by atoms with Gasteiger partial charge in [-0.3, -0.25) is 0 Å². The van der Waals surface area contributed by atoms with Gasteiger partial charge in [-0.1, -0.05) is 12.1 Å². The summed E-state index contributed by atoms with van der Waals surface area (Å²) < 4.78 is 5.36. The maximum atomic E-state index is 12.3. The third-order valence-corrected chi connectivity index (χ3v) is 4.82. The van der Waals surface area contributed by atoms with Crippen molar-refractivity contribution in [2.75, 3.05) is 50.8 Å². The van der Waals surface area contributed by atoms with Crippen molar-refractivity contribution in [3.05, 3.63) is 29.8 Å². The van der Waals surface area contributed by atoms with Crippen molar-refractivity contribution < 1.29 is 9.53 Å². The Kier molecular flexibility index (Phi) is 5.39. The molecule has 5 heteroatoms. The van der Waals surface area contributed by atoms with Crippen molar-refractivity contribution in [1.29, 1.82) is 0 Å². The van der Waals surface area contributed by atoms with E-state index in [1.54, 1.807) is 0 Å². The summed E-state index contributed by atoms with van der Waals surface area (Å²) in [5.74, 6) is 0.571. The second-order valence-corrected chi connectivity index (χ2v) is 6.55. The molecule has 5 nitrogen and oxygen atoms in total. The first-order valence-electron chi connectivity index (χ1n) is 8.64. The van der Waals surface area contributed by atoms with Crippen LogP contribution in [0.3, 0.4) is 0 Å². The van der Waals surface area contributed by atoms with Gasteiger partial charge in [0.25, 0.3) is 0 Å². The van der Waals surface area contributed by atoms with Crippen LogP contribution in [0.25, 0.3) is 0 Å². The van der Waals surface area contributed by atoms with Crippen molar-refractivity contribution in [2.45, 2.75) is 19.8 Å². The summed E-state index contributed by atoms with van der Waals surface area (Å²) in [6, 6.07) is 8.65. The number of benzene rings is 1. The Bertz CT molecular complexity index is 521. The number of rotatable bonds is 3. The van der Waals surface area contributed by atoms with Gasteiger partial charge >= 0.3 is 6.03 Å². The molecule has 2 aliphatic heterocycles. The molecule has 3 rings (SSSR count). The van der Waals surface area contributed by atoms with Gasteiger partial charge in [0.1, 0.15) is 0 Å². The lowest BCUT2D eigenvalue weighted by molar-refractivity contribution is 0.0663. The van der Waals surface area contributed by atoms with Crippen molar-refractivity contribution in [1.82, 2.24) is 10.2 Å². The molecule has 126 valence electrons. The molecular weight excluding hydrogens is 290 g/mol. The number of piperazine rings is 1. The lowest BCUT2D eigenvalue weighted by atomic mass is 10.0. The van der Waals surface area contributed by atoms with Crippen LogP contribution in [-0.2, 0) is 4.74 Å². The Hall–Kier alpha value is -1.75. The predicted octanol–water partition coefficient (Wildman–Crippen LogP) is 2.25. The molecule has 0 saturated carbocycles. The standard InChI is InChI=1S/C18H27N3O2/c1-15-3-2-4-17(13-15)20-7-9-21(10-8-20)18(22)19-14-16-5-11-23-12-6-16/h2-4,13,16H,5-12,14H2,1H3,(H,19,22). The van der Waals surface area contributed by atoms with E-state index < -0.39 is 0 Å². The van der Waals surface area contributed by atoms with E-state index in [1.165, 1.54) is 11.3 Å². The average Bonchev–Trinajstić information content (AvgIpc) is 2.61. The fourth-order valence-electron chi connectivity index (χ4n) is 3.29. The molecule has 0 aliphatic carbocycles. The Labute approximate surface area is 138 Å². The van der Waals surface area contributed by atoms with Crippen LogP contribution in [0, 0.1) is 12.8 Å². The normalized spacial score (nSPS) is 19.7. The second kappa shape index (κ2) is 7.68. The highest BCUT2D eigenvalue weighted by atomic mass is 16.5. The summed E-state index contributed by atoms with van der Waals surface area (Å²) in [6.45, 7) is 7.92. The van der Waals surface area contributed by atoms with E-state index in [9.17, 15) is 4.79 Å². The Morgan fingerprint density at radius 3 is 2.65 bits per heavy atom. The summed E-state index contributed by atoms with van der Waals surface area (Å²) in [5.41, 5.74) is 2.53. The van der Waals surface area contributed by atoms with E-state index in [0.29, 0.717) is 5.92 Å². The van der Waals surface area contributed by atoms with Crippen LogP contribution in [0.15, 0.2) is 24.3 Å². The molecule has 1 N–H and O–H groups in total. The third-order valence-electron chi connectivity index (χ3n) is 4.82. The SMILES string of the molecule is Cc1cccc(N2CCN(C(=O)NCC3CCOCC3)CC2)c1. The summed E-state index contributed by atoms with van der Waals surface area (Å²) in [6.07, 6.45) is 2.11. The van der Waals surface area contributed by atoms with Gasteiger partial charge in [-0.15, -0.1) is 0 Å². The minimum atomic E-state index is 0.0837. The van der Waals surface area contributed by atoms with Crippen LogP contribution in [0.4, 0.5) is 10.5 Å². The Morgan fingerprint density at radius 1 is 1.22 bits per heavy atom. The zero-order valence-electron chi connectivity index (χ0n) is 14.0. The predicted molar refractivity (Wildman–Crippen MR) is 91.9 cm³/mol. The van der Waals surface area contributed by atoms with Gasteiger partial charge in [-0.25, -0.2) is 4.79 Å². The van der Waals surface area contributed by atoms with E-state index in [0.717, 1.165) is 58.8 Å². The molecule has 0 atom stereocenters. The van der Waals surface area contributed by atoms with Gasteiger partial charge in [0, 0.05) is 51.6 Å². The second-order valence-electron chi connectivity index (χ2n) is 6.55. The number of nitrogens with one attached hydrogen (secondary N) is 1. The van der Waals surface area contributed by atoms with Gasteiger partial charge in [-0.2, -0.15) is 0 Å². The van der Waals surface area contributed by atoms with Gasteiger partial charge in [0.05, 0.1) is 0 Å². The van der Waals surface area contributed by atoms with Crippen molar-refractivity contribution in [3.8, 4) is 0 Å². The minimum absolute atomic E-state index is 0.0837. The van der Waals surface area contributed by atoms with Crippen LogP contribution < -0.4 is 10.2 Å². The molecule has 0 unspecified atom stereocenters. The maximum Gasteiger partial charge on any atom is 0.317 e. The molecule has 0 radical (unpaired) electrons. The first-order valence-corrected chi connectivity index (χ1v) is 8.64. The topological polar surface area (TPSA) is 44.8 Å². The van der Waals surface area contributed by atoms with Crippen LogP contribution in [-0.4, -0.2) is 56.9 Å². The molecule has 23 heavy (non-hydrogen) atoms. The number of amides is 2. The molecule has 1 aromatic carbocycles. The molecule has 1 aromatic rings. The van der Waals surface area contributed by atoms with E-state index in [-0.39, 0.29) is 6.03 Å². The molecule has 2 fully saturated rings. The number of anilines is 1. The average molecular weight is 317 g/mol. The van der Waals surface area contributed by atoms with E-state index in [2.05, 4.69) is 41.4 Å². The first-order chi connectivity index (χ1) is 11.2. The molecule has 0 bridgehead atoms. The van der Waals surface area contributed by atoms with Gasteiger partial charge in [0.15, 0.2) is 0 Å². The van der Waals surface area contributed by atoms with Crippen LogP contribution in [0.2, 0.25) is 0 Å². The quantitative estimate of drug-likeness (QED) is 0.930. The van der Waals surface area contributed by atoms with Crippen molar-refractivity contribution in [2.24, 2.45) is 5.92 Å². The van der Waals surface area contributed by atoms with Crippen molar-refractivity contribution >= 4 is 11.7 Å². The van der Waals surface area contributed by atoms with Crippen LogP contribution in [0.1, 0.15) is 18.4 Å². The molecule has 0 spiro atoms. The van der Waals surface area contributed by atoms with Crippen molar-refractivity contribution in [3.63, 3.8) is 0 Å². The van der Waals surface area contributed by atoms with E-state index in [4.69, 9.17) is 4.74 Å². The summed E-state index contributed by atoms with van der Waals surface area (Å²) in [5, 5.41) is 3.10. The number of hydrogen-bond acceptors (Lipinski definition) is 3. The summed E-state index contributed by atoms with van der Waals surface area (Å²) in [4.78, 5) is 16.6. The third kappa shape index (κ3) is 4.38. The number of carbonyl (C=O) groups excluding carboxylic acids is 1. The molecule has 2 heterocycles. The molecule has 2 aliphatic rings.